The van der Waals surface area contributed by atoms with E-state index in [0.29, 0.717) is 17.5 Å². The van der Waals surface area contributed by atoms with Crippen molar-refractivity contribution in [2.24, 2.45) is 0 Å². The standard InChI is InChI=1S/C11H13NO3/c1-7-4-10(6-9(3)13)5-8(2)11(7)12(14)15/h4-5H,6H2,1-3H3. The van der Waals surface area contributed by atoms with Gasteiger partial charge in [0.05, 0.1) is 4.92 Å². The van der Waals surface area contributed by atoms with E-state index in [4.69, 9.17) is 0 Å². The summed E-state index contributed by atoms with van der Waals surface area (Å²) in [5, 5.41) is 10.7. The van der Waals surface area contributed by atoms with Crippen molar-refractivity contribution in [3.63, 3.8) is 0 Å². The Morgan fingerprint density at radius 2 is 1.80 bits per heavy atom. The van der Waals surface area contributed by atoms with E-state index >= 15 is 0 Å². The van der Waals surface area contributed by atoms with Crippen molar-refractivity contribution in [2.45, 2.75) is 27.2 Å². The highest BCUT2D eigenvalue weighted by Gasteiger charge is 2.15. The zero-order chi connectivity index (χ0) is 11.6. The molecule has 0 spiro atoms. The van der Waals surface area contributed by atoms with Gasteiger partial charge in [0.1, 0.15) is 5.78 Å². The van der Waals surface area contributed by atoms with Crippen LogP contribution in [0.3, 0.4) is 0 Å². The molecule has 0 amide bonds. The lowest BCUT2D eigenvalue weighted by atomic mass is 10.0. The zero-order valence-corrected chi connectivity index (χ0v) is 9.03. The molecule has 0 heterocycles. The van der Waals surface area contributed by atoms with Crippen molar-refractivity contribution in [3.05, 3.63) is 38.9 Å². The summed E-state index contributed by atoms with van der Waals surface area (Å²) in [7, 11) is 0. The number of aryl methyl sites for hydroxylation is 2. The molecule has 0 saturated heterocycles. The second kappa shape index (κ2) is 4.21. The number of hydrogen-bond donors (Lipinski definition) is 0. The molecule has 0 aliphatic heterocycles. The average Bonchev–Trinajstić information content (AvgIpc) is 1.99. The maximum absolute atomic E-state index is 10.9. The largest absolute Gasteiger partial charge is 0.300 e. The Kier molecular flexibility index (Phi) is 3.19. The SMILES string of the molecule is CC(=O)Cc1cc(C)c([N+](=O)[O-])c(C)c1. The maximum atomic E-state index is 10.9. The molecule has 15 heavy (non-hydrogen) atoms. The average molecular weight is 207 g/mol. The molecule has 0 N–H and O–H groups in total. The molecular formula is C11H13NO3. The highest BCUT2D eigenvalue weighted by atomic mass is 16.6. The molecule has 0 fully saturated rings. The van der Waals surface area contributed by atoms with Crippen LogP contribution in [0.15, 0.2) is 12.1 Å². The number of ketones is 1. The third kappa shape index (κ3) is 2.62. The molecule has 1 aromatic carbocycles. The van der Waals surface area contributed by atoms with Crippen molar-refractivity contribution in [3.8, 4) is 0 Å². The van der Waals surface area contributed by atoms with Crippen LogP contribution in [0.5, 0.6) is 0 Å². The molecular weight excluding hydrogens is 194 g/mol. The second-order valence-electron chi connectivity index (χ2n) is 3.71. The fourth-order valence-electron chi connectivity index (χ4n) is 1.72. The van der Waals surface area contributed by atoms with Gasteiger partial charge < -0.3 is 0 Å². The summed E-state index contributed by atoms with van der Waals surface area (Å²) in [5.74, 6) is 0.0580. The van der Waals surface area contributed by atoms with Crippen LogP contribution in [0.2, 0.25) is 0 Å². The zero-order valence-electron chi connectivity index (χ0n) is 9.03. The maximum Gasteiger partial charge on any atom is 0.275 e. The van der Waals surface area contributed by atoms with Crippen molar-refractivity contribution in [1.29, 1.82) is 0 Å². The number of carbonyl (C=O) groups is 1. The highest BCUT2D eigenvalue weighted by Crippen LogP contribution is 2.24. The molecule has 0 bridgehead atoms. The number of Topliss-reactive ketones (excluding diaryl/α,β-unsaturated/α-hetero) is 1. The van der Waals surface area contributed by atoms with Gasteiger partial charge in [-0.15, -0.1) is 0 Å². The van der Waals surface area contributed by atoms with E-state index in [0.717, 1.165) is 5.56 Å². The lowest BCUT2D eigenvalue weighted by Crippen LogP contribution is -2.01. The smallest absolute Gasteiger partial charge is 0.275 e. The van der Waals surface area contributed by atoms with Gasteiger partial charge in [0.25, 0.3) is 5.69 Å². The summed E-state index contributed by atoms with van der Waals surface area (Å²) >= 11 is 0. The van der Waals surface area contributed by atoms with Gasteiger partial charge in [-0.25, -0.2) is 0 Å². The van der Waals surface area contributed by atoms with Crippen LogP contribution >= 0.6 is 0 Å². The van der Waals surface area contributed by atoms with Crippen molar-refractivity contribution in [2.75, 3.05) is 0 Å². The van der Waals surface area contributed by atoms with Gasteiger partial charge in [0, 0.05) is 17.5 Å². The third-order valence-corrected chi connectivity index (χ3v) is 2.19. The summed E-state index contributed by atoms with van der Waals surface area (Å²) in [6, 6.07) is 3.40. The fraction of sp³-hybridized carbons (Fsp3) is 0.364. The summed E-state index contributed by atoms with van der Waals surface area (Å²) in [4.78, 5) is 21.2. The first-order chi connectivity index (χ1) is 6.91. The third-order valence-electron chi connectivity index (χ3n) is 2.19. The molecule has 0 aliphatic rings. The van der Waals surface area contributed by atoms with Crippen LogP contribution in [-0.2, 0) is 11.2 Å². The molecule has 0 aromatic heterocycles. The van der Waals surface area contributed by atoms with Gasteiger partial charge in [-0.3, -0.25) is 14.9 Å². The van der Waals surface area contributed by atoms with Gasteiger partial charge in [-0.05, 0) is 38.5 Å². The molecule has 0 atom stereocenters. The van der Waals surface area contributed by atoms with Crippen LogP contribution in [0.1, 0.15) is 23.6 Å². The lowest BCUT2D eigenvalue weighted by molar-refractivity contribution is -0.386. The molecule has 1 rings (SSSR count). The quantitative estimate of drug-likeness (QED) is 0.564. The van der Waals surface area contributed by atoms with Crippen LogP contribution < -0.4 is 0 Å². The van der Waals surface area contributed by atoms with Gasteiger partial charge >= 0.3 is 0 Å². The van der Waals surface area contributed by atoms with Crippen molar-refractivity contribution >= 4 is 11.5 Å². The molecule has 80 valence electrons. The Morgan fingerprint density at radius 1 is 1.33 bits per heavy atom. The molecule has 0 unspecified atom stereocenters. The highest BCUT2D eigenvalue weighted by molar-refractivity contribution is 5.78. The van der Waals surface area contributed by atoms with Gasteiger partial charge in [0.15, 0.2) is 0 Å². The molecule has 4 nitrogen and oxygen atoms in total. The number of benzene rings is 1. The minimum absolute atomic E-state index is 0.0580. The molecule has 0 radical (unpaired) electrons. The number of rotatable bonds is 3. The first-order valence-electron chi connectivity index (χ1n) is 4.65. The number of hydrogen-bond acceptors (Lipinski definition) is 3. The first-order valence-corrected chi connectivity index (χ1v) is 4.65. The summed E-state index contributed by atoms with van der Waals surface area (Å²) in [5.41, 5.74) is 2.19. The number of carbonyl (C=O) groups excluding carboxylic acids is 1. The van der Waals surface area contributed by atoms with E-state index in [9.17, 15) is 14.9 Å². The Labute approximate surface area is 88.1 Å². The van der Waals surface area contributed by atoms with Crippen LogP contribution in [0.4, 0.5) is 5.69 Å². The summed E-state index contributed by atoms with van der Waals surface area (Å²) in [6.07, 6.45) is 0.333. The Morgan fingerprint density at radius 3 is 2.13 bits per heavy atom. The second-order valence-corrected chi connectivity index (χ2v) is 3.71. The van der Waals surface area contributed by atoms with E-state index < -0.39 is 0 Å². The first kappa shape index (κ1) is 11.4. The Bertz CT molecular complexity index is 401. The minimum Gasteiger partial charge on any atom is -0.300 e. The summed E-state index contributed by atoms with van der Waals surface area (Å²) in [6.45, 7) is 4.88. The fourth-order valence-corrected chi connectivity index (χ4v) is 1.72. The minimum atomic E-state index is -0.387. The van der Waals surface area contributed by atoms with E-state index in [2.05, 4.69) is 0 Å². The molecule has 0 aliphatic carbocycles. The molecule has 1 aromatic rings. The number of nitrogens with zero attached hydrogens (tertiary/aromatic N) is 1. The van der Waals surface area contributed by atoms with Crippen LogP contribution in [0, 0.1) is 24.0 Å². The number of nitro groups is 1. The van der Waals surface area contributed by atoms with E-state index in [-0.39, 0.29) is 16.4 Å². The van der Waals surface area contributed by atoms with Crippen LogP contribution in [0.25, 0.3) is 0 Å². The van der Waals surface area contributed by atoms with Gasteiger partial charge in [-0.2, -0.15) is 0 Å². The molecule has 0 saturated carbocycles. The van der Waals surface area contributed by atoms with E-state index in [1.807, 2.05) is 0 Å². The predicted molar refractivity (Wildman–Crippen MR) is 57.0 cm³/mol. The van der Waals surface area contributed by atoms with E-state index in [1.54, 1.807) is 26.0 Å². The molecule has 4 heteroatoms. The monoisotopic (exact) mass is 207 g/mol. The lowest BCUT2D eigenvalue weighted by Gasteiger charge is -2.04. The van der Waals surface area contributed by atoms with Crippen LogP contribution in [-0.4, -0.2) is 10.7 Å². The normalized spacial score (nSPS) is 10.1. The Hall–Kier alpha value is -1.71. The topological polar surface area (TPSA) is 60.2 Å². The predicted octanol–water partition coefficient (Wildman–Crippen LogP) is 2.34. The Balaban J connectivity index is 3.19. The van der Waals surface area contributed by atoms with Crippen molar-refractivity contribution < 1.29 is 9.72 Å². The van der Waals surface area contributed by atoms with Gasteiger partial charge in [0.2, 0.25) is 0 Å². The number of nitro benzene ring substituents is 1. The summed E-state index contributed by atoms with van der Waals surface area (Å²) < 4.78 is 0. The van der Waals surface area contributed by atoms with Gasteiger partial charge in [-0.1, -0.05) is 0 Å². The van der Waals surface area contributed by atoms with Crippen molar-refractivity contribution in [1.82, 2.24) is 0 Å². The van der Waals surface area contributed by atoms with E-state index in [1.165, 1.54) is 6.92 Å².